The average molecular weight is 156 g/mol. The first-order valence-electron chi connectivity index (χ1n) is 4.62. The molecule has 1 aromatic carbocycles. The lowest BCUT2D eigenvalue weighted by molar-refractivity contribution is 0.589. The SMILES string of the molecule is [B][C@@H]1CCc2ccccc2[C@H]1C. The van der Waals surface area contributed by atoms with Crippen molar-refractivity contribution < 1.29 is 0 Å². The lowest BCUT2D eigenvalue weighted by atomic mass is 9.66. The van der Waals surface area contributed by atoms with Crippen LogP contribution in [0.25, 0.3) is 0 Å². The van der Waals surface area contributed by atoms with Gasteiger partial charge in [-0.15, -0.1) is 0 Å². The highest BCUT2D eigenvalue weighted by Gasteiger charge is 2.21. The van der Waals surface area contributed by atoms with E-state index in [1.807, 2.05) is 0 Å². The van der Waals surface area contributed by atoms with Gasteiger partial charge >= 0.3 is 0 Å². The molecule has 0 N–H and O–H groups in total. The van der Waals surface area contributed by atoms with E-state index >= 15 is 0 Å². The Bertz CT molecular complexity index is 280. The Kier molecular flexibility index (Phi) is 1.96. The predicted molar refractivity (Wildman–Crippen MR) is 52.7 cm³/mol. The summed E-state index contributed by atoms with van der Waals surface area (Å²) in [6.45, 7) is 2.22. The van der Waals surface area contributed by atoms with Gasteiger partial charge in [-0.05, 0) is 23.5 Å². The monoisotopic (exact) mass is 156 g/mol. The van der Waals surface area contributed by atoms with Crippen molar-refractivity contribution in [2.24, 2.45) is 0 Å². The highest BCUT2D eigenvalue weighted by Crippen LogP contribution is 2.37. The van der Waals surface area contributed by atoms with E-state index in [0.29, 0.717) is 11.7 Å². The van der Waals surface area contributed by atoms with Gasteiger partial charge in [0.25, 0.3) is 0 Å². The molecule has 1 aliphatic carbocycles. The molecule has 2 rings (SSSR count). The lowest BCUT2D eigenvalue weighted by Gasteiger charge is -2.28. The third kappa shape index (κ3) is 1.18. The average Bonchev–Trinajstić information content (AvgIpc) is 2.12. The Morgan fingerprint density at radius 1 is 1.33 bits per heavy atom. The molecule has 1 heteroatoms. The van der Waals surface area contributed by atoms with E-state index in [1.54, 1.807) is 0 Å². The molecule has 0 nitrogen and oxygen atoms in total. The molecular weight excluding hydrogens is 143 g/mol. The number of rotatable bonds is 0. The van der Waals surface area contributed by atoms with E-state index in [9.17, 15) is 0 Å². The summed E-state index contributed by atoms with van der Waals surface area (Å²) in [4.78, 5) is 0. The first-order chi connectivity index (χ1) is 5.79. The number of benzene rings is 1. The van der Waals surface area contributed by atoms with Gasteiger partial charge in [-0.2, -0.15) is 0 Å². The summed E-state index contributed by atoms with van der Waals surface area (Å²) in [5.74, 6) is 0.898. The van der Waals surface area contributed by atoms with Crippen LogP contribution in [0.4, 0.5) is 0 Å². The Morgan fingerprint density at radius 3 is 2.92 bits per heavy atom. The second-order valence-electron chi connectivity index (χ2n) is 3.69. The van der Waals surface area contributed by atoms with Gasteiger partial charge < -0.3 is 0 Å². The standard InChI is InChI=1S/C11H13B/c1-8-10-5-3-2-4-9(10)6-7-11(8)12/h2-5,8,11H,6-7H2,1H3/t8-,11-/m1/s1. The normalized spacial score (nSPS) is 28.1. The second kappa shape index (κ2) is 2.97. The molecular formula is C11H13B. The summed E-state index contributed by atoms with van der Waals surface area (Å²) in [7, 11) is 5.99. The van der Waals surface area contributed by atoms with Crippen LogP contribution in [-0.2, 0) is 6.42 Å². The molecule has 0 saturated heterocycles. The van der Waals surface area contributed by atoms with E-state index in [0.717, 1.165) is 12.8 Å². The van der Waals surface area contributed by atoms with Gasteiger partial charge in [-0.1, -0.05) is 43.4 Å². The Labute approximate surface area is 75.4 Å². The van der Waals surface area contributed by atoms with Crippen molar-refractivity contribution in [1.29, 1.82) is 0 Å². The molecule has 0 aromatic heterocycles. The zero-order valence-corrected chi connectivity index (χ0v) is 7.46. The second-order valence-corrected chi connectivity index (χ2v) is 3.69. The van der Waals surface area contributed by atoms with Crippen LogP contribution in [0.2, 0.25) is 5.82 Å². The van der Waals surface area contributed by atoms with Crippen LogP contribution >= 0.6 is 0 Å². The van der Waals surface area contributed by atoms with Crippen molar-refractivity contribution in [1.82, 2.24) is 0 Å². The quantitative estimate of drug-likeness (QED) is 0.506. The molecule has 0 spiro atoms. The molecule has 0 unspecified atom stereocenters. The van der Waals surface area contributed by atoms with E-state index in [-0.39, 0.29) is 0 Å². The fourth-order valence-electron chi connectivity index (χ4n) is 2.01. The molecule has 0 heterocycles. The largest absolute Gasteiger partial charge is 0.0707 e. The van der Waals surface area contributed by atoms with Crippen molar-refractivity contribution in [3.63, 3.8) is 0 Å². The fraction of sp³-hybridized carbons (Fsp3) is 0.455. The number of fused-ring (bicyclic) bond motifs is 1. The first-order valence-corrected chi connectivity index (χ1v) is 4.62. The summed E-state index contributed by atoms with van der Waals surface area (Å²) < 4.78 is 0. The Hall–Kier alpha value is -0.715. The van der Waals surface area contributed by atoms with Crippen LogP contribution in [0.5, 0.6) is 0 Å². The third-order valence-electron chi connectivity index (χ3n) is 2.93. The summed E-state index contributed by atoms with van der Waals surface area (Å²) in [5, 5.41) is 0. The molecule has 60 valence electrons. The zero-order chi connectivity index (χ0) is 8.55. The minimum Gasteiger partial charge on any atom is -0.0706 e. The van der Waals surface area contributed by atoms with Crippen LogP contribution in [0.3, 0.4) is 0 Å². The topological polar surface area (TPSA) is 0 Å². The van der Waals surface area contributed by atoms with Gasteiger partial charge in [-0.25, -0.2) is 0 Å². The lowest BCUT2D eigenvalue weighted by Crippen LogP contribution is -2.13. The van der Waals surface area contributed by atoms with E-state index in [1.165, 1.54) is 11.1 Å². The van der Waals surface area contributed by atoms with Crippen molar-refractivity contribution in [3.05, 3.63) is 35.4 Å². The van der Waals surface area contributed by atoms with Crippen LogP contribution in [0.1, 0.15) is 30.4 Å². The first kappa shape index (κ1) is 7.91. The zero-order valence-electron chi connectivity index (χ0n) is 7.46. The molecule has 0 amide bonds. The molecule has 0 saturated carbocycles. The summed E-state index contributed by atoms with van der Waals surface area (Å²) >= 11 is 0. The maximum Gasteiger partial charge on any atom is 0.0707 e. The smallest absolute Gasteiger partial charge is 0.0706 e. The summed E-state index contributed by atoms with van der Waals surface area (Å²) in [6, 6.07) is 8.65. The van der Waals surface area contributed by atoms with E-state index in [4.69, 9.17) is 7.85 Å². The van der Waals surface area contributed by atoms with Crippen LogP contribution in [0.15, 0.2) is 24.3 Å². The highest BCUT2D eigenvalue weighted by atomic mass is 14.2. The van der Waals surface area contributed by atoms with Crippen LogP contribution in [-0.4, -0.2) is 7.85 Å². The van der Waals surface area contributed by atoms with Gasteiger partial charge in [-0.3, -0.25) is 0 Å². The van der Waals surface area contributed by atoms with Crippen molar-refractivity contribution in [2.75, 3.05) is 0 Å². The maximum absolute atomic E-state index is 5.99. The van der Waals surface area contributed by atoms with Crippen molar-refractivity contribution in [3.8, 4) is 0 Å². The van der Waals surface area contributed by atoms with Gasteiger partial charge in [0.15, 0.2) is 0 Å². The molecule has 0 fully saturated rings. The number of hydrogen-bond acceptors (Lipinski definition) is 0. The maximum atomic E-state index is 5.99. The van der Waals surface area contributed by atoms with E-state index in [2.05, 4.69) is 31.2 Å². The summed E-state index contributed by atoms with van der Waals surface area (Å²) in [5.41, 5.74) is 2.95. The van der Waals surface area contributed by atoms with Gasteiger partial charge in [0.1, 0.15) is 0 Å². The molecule has 0 bridgehead atoms. The molecule has 1 aromatic rings. The third-order valence-corrected chi connectivity index (χ3v) is 2.93. The molecule has 2 radical (unpaired) electrons. The highest BCUT2D eigenvalue weighted by molar-refractivity contribution is 6.12. The van der Waals surface area contributed by atoms with Gasteiger partial charge in [0.05, 0.1) is 7.85 Å². The Morgan fingerprint density at radius 2 is 2.08 bits per heavy atom. The van der Waals surface area contributed by atoms with Gasteiger partial charge in [0, 0.05) is 0 Å². The van der Waals surface area contributed by atoms with E-state index < -0.39 is 0 Å². The minimum absolute atomic E-state index is 0.361. The Balaban J connectivity index is 2.42. The molecule has 0 aliphatic heterocycles. The predicted octanol–water partition coefficient (Wildman–Crippen LogP) is 2.69. The molecule has 12 heavy (non-hydrogen) atoms. The molecule has 1 aliphatic rings. The summed E-state index contributed by atoms with van der Waals surface area (Å²) in [6.07, 6.45) is 2.29. The number of aryl methyl sites for hydroxylation is 1. The minimum atomic E-state index is 0.361. The van der Waals surface area contributed by atoms with Crippen LogP contribution in [0, 0.1) is 0 Å². The fourth-order valence-corrected chi connectivity index (χ4v) is 2.01. The van der Waals surface area contributed by atoms with Crippen LogP contribution < -0.4 is 0 Å². The van der Waals surface area contributed by atoms with Gasteiger partial charge in [0.2, 0.25) is 0 Å². The van der Waals surface area contributed by atoms with Crippen molar-refractivity contribution >= 4 is 7.85 Å². The van der Waals surface area contributed by atoms with Crippen molar-refractivity contribution in [2.45, 2.75) is 31.5 Å². The molecule has 2 atom stereocenters. The number of hydrogen-bond donors (Lipinski definition) is 0.